The average Bonchev–Trinajstić information content (AvgIpc) is 2.85. The van der Waals surface area contributed by atoms with Crippen LogP contribution in [0.4, 0.5) is 0 Å². The third kappa shape index (κ3) is 6.31. The Morgan fingerprint density at radius 3 is 2.71 bits per heavy atom. The molecule has 0 unspecified atom stereocenters. The van der Waals surface area contributed by atoms with Gasteiger partial charge in [-0.05, 0) is 32.1 Å². The Morgan fingerprint density at radius 2 is 2.06 bits per heavy atom. The lowest BCUT2D eigenvalue weighted by Crippen LogP contribution is -2.42. The van der Waals surface area contributed by atoms with Gasteiger partial charge in [0.05, 0.1) is 0 Å². The van der Waals surface area contributed by atoms with Crippen molar-refractivity contribution < 1.29 is 4.74 Å². The molecule has 0 aromatic carbocycles. The summed E-state index contributed by atoms with van der Waals surface area (Å²) >= 11 is 0. The van der Waals surface area contributed by atoms with E-state index in [1.807, 2.05) is 7.05 Å². The lowest BCUT2D eigenvalue weighted by Gasteiger charge is -2.16. The van der Waals surface area contributed by atoms with E-state index in [1.54, 1.807) is 7.11 Å². The van der Waals surface area contributed by atoms with Crippen molar-refractivity contribution in [2.45, 2.75) is 38.1 Å². The Balaban J connectivity index is 2.02. The van der Waals surface area contributed by atoms with Gasteiger partial charge in [0.25, 0.3) is 0 Å². The number of aliphatic imine (C=N–C) groups is 1. The van der Waals surface area contributed by atoms with Crippen molar-refractivity contribution in [3.05, 3.63) is 12.2 Å². The van der Waals surface area contributed by atoms with Crippen LogP contribution in [0.1, 0.15) is 32.1 Å². The van der Waals surface area contributed by atoms with Crippen molar-refractivity contribution in [2.24, 2.45) is 4.99 Å². The Hall–Kier alpha value is -1.03. The number of methoxy groups -OCH3 is 1. The molecule has 0 heterocycles. The number of unbranched alkanes of at least 4 members (excludes halogenated alkanes) is 2. The maximum absolute atomic E-state index is 5.02. The van der Waals surface area contributed by atoms with E-state index >= 15 is 0 Å². The normalized spacial score (nSPS) is 16.5. The van der Waals surface area contributed by atoms with Crippen molar-refractivity contribution in [3.8, 4) is 0 Å². The molecular formula is C13H25N3O. The molecule has 0 aliphatic heterocycles. The molecule has 0 aromatic heterocycles. The summed E-state index contributed by atoms with van der Waals surface area (Å²) in [7, 11) is 3.57. The summed E-state index contributed by atoms with van der Waals surface area (Å²) in [6, 6.07) is 0.523. The predicted molar refractivity (Wildman–Crippen MR) is 72.4 cm³/mol. The van der Waals surface area contributed by atoms with Gasteiger partial charge >= 0.3 is 0 Å². The van der Waals surface area contributed by atoms with Crippen LogP contribution >= 0.6 is 0 Å². The zero-order chi connectivity index (χ0) is 12.3. The second-order valence-corrected chi connectivity index (χ2v) is 4.34. The zero-order valence-electron chi connectivity index (χ0n) is 11.0. The number of nitrogens with zero attached hydrogens (tertiary/aromatic N) is 1. The molecule has 0 aromatic rings. The van der Waals surface area contributed by atoms with Crippen molar-refractivity contribution in [2.75, 3.05) is 27.3 Å². The van der Waals surface area contributed by atoms with Crippen LogP contribution in [0.5, 0.6) is 0 Å². The molecule has 0 radical (unpaired) electrons. The standard InChI is InChI=1S/C13H25N3O/c1-14-13(16-12-8-4-5-9-12)15-10-6-3-7-11-17-2/h4-5,12H,3,6-11H2,1-2H3,(H2,14,15,16). The molecule has 17 heavy (non-hydrogen) atoms. The van der Waals surface area contributed by atoms with E-state index in [2.05, 4.69) is 27.8 Å². The lowest BCUT2D eigenvalue weighted by atomic mass is 10.2. The van der Waals surface area contributed by atoms with Gasteiger partial charge in [-0.2, -0.15) is 0 Å². The largest absolute Gasteiger partial charge is 0.385 e. The smallest absolute Gasteiger partial charge is 0.191 e. The van der Waals surface area contributed by atoms with Crippen LogP contribution in [0.2, 0.25) is 0 Å². The van der Waals surface area contributed by atoms with Gasteiger partial charge in [-0.25, -0.2) is 0 Å². The summed E-state index contributed by atoms with van der Waals surface area (Å²) in [5, 5.41) is 6.76. The third-order valence-corrected chi connectivity index (χ3v) is 2.89. The second-order valence-electron chi connectivity index (χ2n) is 4.34. The summed E-state index contributed by atoms with van der Waals surface area (Å²) in [5.74, 6) is 0.922. The highest BCUT2D eigenvalue weighted by Gasteiger charge is 2.10. The molecule has 0 spiro atoms. The first-order valence-corrected chi connectivity index (χ1v) is 6.48. The van der Waals surface area contributed by atoms with Crippen molar-refractivity contribution in [1.29, 1.82) is 0 Å². The predicted octanol–water partition coefficient (Wildman–Crippen LogP) is 1.69. The van der Waals surface area contributed by atoms with E-state index in [-0.39, 0.29) is 0 Å². The molecule has 2 N–H and O–H groups in total. The average molecular weight is 239 g/mol. The number of hydrogen-bond acceptors (Lipinski definition) is 2. The van der Waals surface area contributed by atoms with Gasteiger partial charge in [0.1, 0.15) is 0 Å². The fourth-order valence-electron chi connectivity index (χ4n) is 1.88. The number of guanidine groups is 1. The molecule has 98 valence electrons. The Bertz CT molecular complexity index is 243. The summed E-state index contributed by atoms with van der Waals surface area (Å²) in [5.41, 5.74) is 0. The maximum atomic E-state index is 5.02. The van der Waals surface area contributed by atoms with Gasteiger partial charge < -0.3 is 15.4 Å². The minimum Gasteiger partial charge on any atom is -0.385 e. The van der Waals surface area contributed by atoms with E-state index in [0.717, 1.165) is 44.8 Å². The zero-order valence-corrected chi connectivity index (χ0v) is 11.0. The number of ether oxygens (including phenoxy) is 1. The van der Waals surface area contributed by atoms with Gasteiger partial charge in [0.15, 0.2) is 5.96 Å². The Kier molecular flexibility index (Phi) is 7.47. The highest BCUT2D eigenvalue weighted by Crippen LogP contribution is 2.08. The second kappa shape index (κ2) is 9.05. The molecule has 4 nitrogen and oxygen atoms in total. The van der Waals surface area contributed by atoms with E-state index in [4.69, 9.17) is 4.74 Å². The molecule has 0 amide bonds. The maximum Gasteiger partial charge on any atom is 0.191 e. The fraction of sp³-hybridized carbons (Fsp3) is 0.769. The van der Waals surface area contributed by atoms with Gasteiger partial charge in [0, 0.05) is 33.4 Å². The monoisotopic (exact) mass is 239 g/mol. The summed E-state index contributed by atoms with van der Waals surface area (Å²) < 4.78 is 5.02. The summed E-state index contributed by atoms with van der Waals surface area (Å²) in [4.78, 5) is 4.23. The van der Waals surface area contributed by atoms with E-state index < -0.39 is 0 Å². The van der Waals surface area contributed by atoms with Crippen LogP contribution in [0.15, 0.2) is 17.1 Å². The van der Waals surface area contributed by atoms with E-state index in [9.17, 15) is 0 Å². The Labute approximate surface area is 105 Å². The SMILES string of the molecule is CN=C(NCCCCCOC)NC1CC=CC1. The van der Waals surface area contributed by atoms with Gasteiger partial charge in [-0.3, -0.25) is 4.99 Å². The van der Waals surface area contributed by atoms with Crippen LogP contribution in [0, 0.1) is 0 Å². The minimum atomic E-state index is 0.523. The highest BCUT2D eigenvalue weighted by molar-refractivity contribution is 5.80. The third-order valence-electron chi connectivity index (χ3n) is 2.89. The van der Waals surface area contributed by atoms with Crippen LogP contribution in [-0.4, -0.2) is 39.3 Å². The highest BCUT2D eigenvalue weighted by atomic mass is 16.5. The van der Waals surface area contributed by atoms with Crippen LogP contribution in [-0.2, 0) is 4.74 Å². The molecular weight excluding hydrogens is 214 g/mol. The Morgan fingerprint density at radius 1 is 1.29 bits per heavy atom. The topological polar surface area (TPSA) is 45.7 Å². The molecule has 0 bridgehead atoms. The number of nitrogens with one attached hydrogen (secondary N) is 2. The first-order valence-electron chi connectivity index (χ1n) is 6.48. The molecule has 0 fully saturated rings. The molecule has 1 rings (SSSR count). The van der Waals surface area contributed by atoms with E-state index in [0.29, 0.717) is 6.04 Å². The number of rotatable bonds is 7. The quantitative estimate of drug-likeness (QED) is 0.307. The van der Waals surface area contributed by atoms with Crippen LogP contribution < -0.4 is 10.6 Å². The molecule has 0 saturated carbocycles. The van der Waals surface area contributed by atoms with Gasteiger partial charge in [-0.15, -0.1) is 0 Å². The van der Waals surface area contributed by atoms with Crippen molar-refractivity contribution >= 4 is 5.96 Å². The molecule has 1 aliphatic carbocycles. The summed E-state index contributed by atoms with van der Waals surface area (Å²) in [6.45, 7) is 1.84. The first kappa shape index (κ1) is 14.0. The molecule has 0 saturated heterocycles. The molecule has 0 atom stereocenters. The van der Waals surface area contributed by atoms with Crippen molar-refractivity contribution in [1.82, 2.24) is 10.6 Å². The minimum absolute atomic E-state index is 0.523. The van der Waals surface area contributed by atoms with Gasteiger partial charge in [-0.1, -0.05) is 12.2 Å². The number of hydrogen-bond donors (Lipinski definition) is 2. The molecule has 4 heteroatoms. The van der Waals surface area contributed by atoms with E-state index in [1.165, 1.54) is 6.42 Å². The van der Waals surface area contributed by atoms with Crippen LogP contribution in [0.25, 0.3) is 0 Å². The van der Waals surface area contributed by atoms with Crippen molar-refractivity contribution in [3.63, 3.8) is 0 Å². The summed E-state index contributed by atoms with van der Waals surface area (Å²) in [6.07, 6.45) is 10.1. The molecule has 1 aliphatic rings. The fourth-order valence-corrected chi connectivity index (χ4v) is 1.88. The first-order chi connectivity index (χ1) is 8.36. The lowest BCUT2D eigenvalue weighted by molar-refractivity contribution is 0.192. The van der Waals surface area contributed by atoms with Crippen LogP contribution in [0.3, 0.4) is 0 Å². The van der Waals surface area contributed by atoms with Gasteiger partial charge in [0.2, 0.25) is 0 Å².